The molecule has 13 heteroatoms. The first-order valence-electron chi connectivity index (χ1n) is 16.2. The fourth-order valence-electron chi connectivity index (χ4n) is 5.48. The number of carbonyl (C=O) groups excluding carboxylic acids is 5. The first-order valence-corrected chi connectivity index (χ1v) is 16.6. The van der Waals surface area contributed by atoms with Gasteiger partial charge in [-0.3, -0.25) is 28.7 Å². The zero-order valence-corrected chi connectivity index (χ0v) is 28.5. The second kappa shape index (κ2) is 16.9. The maximum atomic E-state index is 13.7. The van der Waals surface area contributed by atoms with Crippen LogP contribution >= 0.6 is 11.6 Å². The van der Waals surface area contributed by atoms with E-state index in [1.807, 2.05) is 44.2 Å². The van der Waals surface area contributed by atoms with Crippen LogP contribution in [0.15, 0.2) is 60.8 Å². The number of nitrogens with one attached hydrogen (secondary N) is 4. The van der Waals surface area contributed by atoms with Gasteiger partial charge in [-0.1, -0.05) is 67.9 Å². The Kier molecular flexibility index (Phi) is 12.7. The van der Waals surface area contributed by atoms with Gasteiger partial charge in [-0.2, -0.15) is 5.10 Å². The molecule has 0 spiro atoms. The number of amides is 5. The molecule has 2 bridgehead atoms. The summed E-state index contributed by atoms with van der Waals surface area (Å²) in [5.41, 5.74) is 2.20. The normalized spacial score (nSPS) is 20.4. The molecule has 0 unspecified atom stereocenters. The summed E-state index contributed by atoms with van der Waals surface area (Å²) >= 11 is 6.30. The molecular weight excluding hydrogens is 634 g/mol. The summed E-state index contributed by atoms with van der Waals surface area (Å²) in [6.45, 7) is 6.40. The molecule has 256 valence electrons. The summed E-state index contributed by atoms with van der Waals surface area (Å²) in [6.07, 6.45) is 3.10. The Balaban J connectivity index is 1.63. The average molecular weight is 678 g/mol. The molecule has 3 aromatic rings. The number of nitrogens with zero attached hydrogens (tertiary/aromatic N) is 3. The van der Waals surface area contributed by atoms with Crippen molar-refractivity contribution in [2.45, 2.75) is 71.1 Å². The second-order valence-electron chi connectivity index (χ2n) is 12.5. The van der Waals surface area contributed by atoms with Gasteiger partial charge in [0, 0.05) is 38.7 Å². The lowest BCUT2D eigenvalue weighted by Crippen LogP contribution is -2.57. The number of aryl methyl sites for hydroxylation is 1. The number of hydrogen-bond acceptors (Lipinski definition) is 6. The van der Waals surface area contributed by atoms with Crippen LogP contribution in [0.4, 0.5) is 0 Å². The van der Waals surface area contributed by atoms with Crippen molar-refractivity contribution in [3.63, 3.8) is 0 Å². The van der Waals surface area contributed by atoms with Crippen LogP contribution in [0.3, 0.4) is 0 Å². The van der Waals surface area contributed by atoms with Crippen molar-refractivity contribution >= 4 is 41.1 Å². The molecule has 1 aromatic heterocycles. The average Bonchev–Trinajstić information content (AvgIpc) is 3.40. The molecule has 0 fully saturated rings. The topological polar surface area (TPSA) is 155 Å². The van der Waals surface area contributed by atoms with Crippen molar-refractivity contribution < 1.29 is 24.0 Å². The molecule has 5 amide bonds. The van der Waals surface area contributed by atoms with E-state index < -0.39 is 35.8 Å². The third kappa shape index (κ3) is 9.90. The zero-order chi connectivity index (χ0) is 34.8. The van der Waals surface area contributed by atoms with E-state index in [4.69, 9.17) is 11.6 Å². The highest BCUT2D eigenvalue weighted by atomic mass is 35.5. The van der Waals surface area contributed by atoms with Crippen molar-refractivity contribution in [1.82, 2.24) is 35.9 Å². The van der Waals surface area contributed by atoms with E-state index in [-0.39, 0.29) is 41.4 Å². The van der Waals surface area contributed by atoms with E-state index >= 15 is 0 Å². The minimum absolute atomic E-state index is 0.0562. The summed E-state index contributed by atoms with van der Waals surface area (Å²) in [5, 5.41) is 15.6. The van der Waals surface area contributed by atoms with E-state index in [0.29, 0.717) is 37.9 Å². The van der Waals surface area contributed by atoms with Crippen molar-refractivity contribution in [2.75, 3.05) is 13.1 Å². The Bertz CT molecular complexity index is 1570. The standard InChI is InChI=1S/C35H44ClN7O5/c1-22(2)18-28-33(46)39-23(3)31(44)37-16-8-9-17-43(35(48)30-27(36)20-38-42(30)4)21-25-12-14-26(15-13-25)32(45)40-29(34(47)41-28)19-24-10-6-5-7-11-24/h5-7,10-15,20,22-23,28-29H,8-9,16-19,21H2,1-4H3,(H,37,44)(H,39,46)(H,40,45)(H,41,47)/t23-,28+,29-/m1/s1. The number of benzene rings is 2. The monoisotopic (exact) mass is 677 g/mol. The van der Waals surface area contributed by atoms with Gasteiger partial charge in [-0.25, -0.2) is 0 Å². The maximum absolute atomic E-state index is 13.7. The van der Waals surface area contributed by atoms with E-state index in [9.17, 15) is 24.0 Å². The van der Waals surface area contributed by atoms with Crippen LogP contribution in [-0.2, 0) is 34.4 Å². The second-order valence-corrected chi connectivity index (χ2v) is 12.9. The van der Waals surface area contributed by atoms with E-state index in [1.54, 1.807) is 43.1 Å². The van der Waals surface area contributed by atoms with Crippen LogP contribution in [0.5, 0.6) is 0 Å². The van der Waals surface area contributed by atoms with Crippen LogP contribution in [0, 0.1) is 5.92 Å². The van der Waals surface area contributed by atoms with Gasteiger partial charge < -0.3 is 26.2 Å². The maximum Gasteiger partial charge on any atom is 0.273 e. The van der Waals surface area contributed by atoms with Crippen molar-refractivity contribution in [3.05, 3.63) is 88.2 Å². The van der Waals surface area contributed by atoms with Gasteiger partial charge in [-0.05, 0) is 55.4 Å². The highest BCUT2D eigenvalue weighted by Gasteiger charge is 2.30. The summed E-state index contributed by atoms with van der Waals surface area (Å²) in [5.74, 6) is -2.09. The molecule has 0 radical (unpaired) electrons. The van der Waals surface area contributed by atoms with Gasteiger partial charge in [0.2, 0.25) is 17.7 Å². The smallest absolute Gasteiger partial charge is 0.273 e. The minimum atomic E-state index is -0.992. The summed E-state index contributed by atoms with van der Waals surface area (Å²) in [7, 11) is 1.65. The number of aromatic nitrogens is 2. The Labute approximate surface area is 286 Å². The Morgan fingerprint density at radius 2 is 1.60 bits per heavy atom. The van der Waals surface area contributed by atoms with Crippen LogP contribution in [0.25, 0.3) is 0 Å². The number of rotatable bonds is 5. The molecule has 2 aliphatic heterocycles. The van der Waals surface area contributed by atoms with Gasteiger partial charge in [0.25, 0.3) is 11.8 Å². The minimum Gasteiger partial charge on any atom is -0.354 e. The predicted molar refractivity (Wildman–Crippen MR) is 182 cm³/mol. The quantitative estimate of drug-likeness (QED) is 0.305. The van der Waals surface area contributed by atoms with Crippen LogP contribution in [-0.4, -0.2) is 75.4 Å². The molecule has 4 N–H and O–H groups in total. The molecule has 0 saturated carbocycles. The number of carbonyl (C=O) groups is 5. The van der Waals surface area contributed by atoms with Gasteiger partial charge in [0.05, 0.1) is 11.2 Å². The summed E-state index contributed by atoms with van der Waals surface area (Å²) in [6, 6.07) is 13.3. The van der Waals surface area contributed by atoms with Crippen LogP contribution < -0.4 is 21.3 Å². The Morgan fingerprint density at radius 3 is 2.25 bits per heavy atom. The number of halogens is 1. The van der Waals surface area contributed by atoms with Crippen LogP contribution in [0.2, 0.25) is 5.02 Å². The lowest BCUT2D eigenvalue weighted by Gasteiger charge is -2.25. The van der Waals surface area contributed by atoms with Gasteiger partial charge >= 0.3 is 0 Å². The molecule has 3 atom stereocenters. The highest BCUT2D eigenvalue weighted by molar-refractivity contribution is 6.33. The lowest BCUT2D eigenvalue weighted by molar-refractivity contribution is -0.132. The lowest BCUT2D eigenvalue weighted by atomic mass is 10.0. The summed E-state index contributed by atoms with van der Waals surface area (Å²) in [4.78, 5) is 68.7. The fraction of sp³-hybridized carbons (Fsp3) is 0.429. The SMILES string of the molecule is CC(C)C[C@@H]1NC(=O)[C@@H](Cc2ccccc2)NC(=O)c2ccc(cc2)CN(C(=O)c2c(Cl)cnn2C)CCCCNC(=O)[C@@H](C)NC1=O. The Hall–Kier alpha value is -4.71. The molecule has 48 heavy (non-hydrogen) atoms. The van der Waals surface area contributed by atoms with Crippen molar-refractivity contribution in [3.8, 4) is 0 Å². The van der Waals surface area contributed by atoms with Gasteiger partial charge in [-0.15, -0.1) is 0 Å². The molecule has 0 aliphatic carbocycles. The fourth-order valence-corrected chi connectivity index (χ4v) is 5.73. The molecule has 5 rings (SSSR count). The van der Waals surface area contributed by atoms with E-state index in [0.717, 1.165) is 11.1 Å². The van der Waals surface area contributed by atoms with Crippen molar-refractivity contribution in [1.29, 1.82) is 0 Å². The number of hydrogen-bond donors (Lipinski definition) is 4. The van der Waals surface area contributed by atoms with Gasteiger partial charge in [0.1, 0.15) is 23.8 Å². The molecule has 3 heterocycles. The third-order valence-electron chi connectivity index (χ3n) is 8.12. The van der Waals surface area contributed by atoms with E-state index in [2.05, 4.69) is 26.4 Å². The first-order chi connectivity index (χ1) is 22.9. The van der Waals surface area contributed by atoms with E-state index in [1.165, 1.54) is 10.9 Å². The number of fused-ring (bicyclic) bond motifs is 18. The third-order valence-corrected chi connectivity index (χ3v) is 8.40. The highest BCUT2D eigenvalue weighted by Crippen LogP contribution is 2.19. The van der Waals surface area contributed by atoms with Crippen LogP contribution in [0.1, 0.15) is 72.0 Å². The molecule has 12 nitrogen and oxygen atoms in total. The molecular formula is C35H44ClN7O5. The van der Waals surface area contributed by atoms with Crippen molar-refractivity contribution in [2.24, 2.45) is 13.0 Å². The zero-order valence-electron chi connectivity index (χ0n) is 27.8. The first kappa shape index (κ1) is 36.1. The molecule has 2 aromatic carbocycles. The molecule has 0 saturated heterocycles. The largest absolute Gasteiger partial charge is 0.354 e. The molecule has 2 aliphatic rings. The summed E-state index contributed by atoms with van der Waals surface area (Å²) < 4.78 is 1.43. The predicted octanol–water partition coefficient (Wildman–Crippen LogP) is 3.00. The van der Waals surface area contributed by atoms with Gasteiger partial charge in [0.15, 0.2) is 0 Å². The Morgan fingerprint density at radius 1 is 0.917 bits per heavy atom.